The minimum absolute atomic E-state index is 0.111. The van der Waals surface area contributed by atoms with Gasteiger partial charge in [-0.1, -0.05) is 195 Å². The zero-order valence-corrected chi connectivity index (χ0v) is 37.3. The van der Waals surface area contributed by atoms with Gasteiger partial charge < -0.3 is 0 Å². The first-order chi connectivity index (χ1) is 28.9. The van der Waals surface area contributed by atoms with Crippen LogP contribution in [0.2, 0.25) is 0 Å². The van der Waals surface area contributed by atoms with Gasteiger partial charge in [-0.2, -0.15) is 10.5 Å². The van der Waals surface area contributed by atoms with Gasteiger partial charge in [-0.15, -0.1) is 0 Å². The van der Waals surface area contributed by atoms with E-state index < -0.39 is 5.41 Å². The Morgan fingerprint density at radius 1 is 0.542 bits per heavy atom. The molecule has 2 aliphatic rings. The number of unbranched alkanes of at least 4 members (excludes halogenated alkanes) is 5. The summed E-state index contributed by atoms with van der Waals surface area (Å²) in [6.07, 6.45) is 23.7. The summed E-state index contributed by atoms with van der Waals surface area (Å²) >= 11 is 0. The van der Waals surface area contributed by atoms with Gasteiger partial charge in [-0.05, 0) is 132 Å². The Morgan fingerprint density at radius 2 is 1.02 bits per heavy atom. The number of nitrogens with zero attached hydrogens (tertiary/aromatic N) is 2. The molecule has 2 aliphatic carbocycles. The van der Waals surface area contributed by atoms with Crippen molar-refractivity contribution >= 4 is 0 Å². The van der Waals surface area contributed by atoms with Crippen molar-refractivity contribution in [2.75, 3.05) is 0 Å². The van der Waals surface area contributed by atoms with Crippen LogP contribution in [-0.2, 0) is 19.3 Å². The number of rotatable bonds is 20. The lowest BCUT2D eigenvalue weighted by Gasteiger charge is -2.47. The number of aryl methyl sites for hydroxylation is 2. The Hall–Kier alpha value is -4.14. The maximum absolute atomic E-state index is 11.5. The number of benzene rings is 4. The van der Waals surface area contributed by atoms with Crippen molar-refractivity contribution in [2.24, 2.45) is 28.6 Å². The fraction of sp³-hybridized carbons (Fsp3) is 0.544. The second kappa shape index (κ2) is 21.9. The highest BCUT2D eigenvalue weighted by Crippen LogP contribution is 2.56. The van der Waals surface area contributed by atoms with Crippen LogP contribution in [0.1, 0.15) is 171 Å². The first kappa shape index (κ1) is 44.4. The molecule has 312 valence electrons. The van der Waals surface area contributed by atoms with Crippen LogP contribution in [0.4, 0.5) is 0 Å². The lowest BCUT2D eigenvalue weighted by molar-refractivity contribution is 0.0763. The number of nitriles is 2. The van der Waals surface area contributed by atoms with Crippen LogP contribution < -0.4 is 0 Å². The van der Waals surface area contributed by atoms with Crippen molar-refractivity contribution in [3.8, 4) is 34.4 Å². The summed E-state index contributed by atoms with van der Waals surface area (Å²) in [6.45, 7) is 9.16. The summed E-state index contributed by atoms with van der Waals surface area (Å²) in [5.41, 5.74) is 9.66. The van der Waals surface area contributed by atoms with Crippen LogP contribution in [0.25, 0.3) is 22.3 Å². The molecule has 0 radical (unpaired) electrons. The second-order valence-electron chi connectivity index (χ2n) is 19.0. The van der Waals surface area contributed by atoms with Gasteiger partial charge >= 0.3 is 0 Å². The van der Waals surface area contributed by atoms with E-state index in [0.717, 1.165) is 77.0 Å². The highest BCUT2D eigenvalue weighted by atomic mass is 14.5. The van der Waals surface area contributed by atoms with Crippen LogP contribution in [0.3, 0.4) is 0 Å². The van der Waals surface area contributed by atoms with E-state index in [-0.39, 0.29) is 17.3 Å². The third-order valence-electron chi connectivity index (χ3n) is 15.0. The van der Waals surface area contributed by atoms with Crippen molar-refractivity contribution in [1.29, 1.82) is 10.5 Å². The van der Waals surface area contributed by atoms with Crippen LogP contribution in [-0.4, -0.2) is 0 Å². The first-order valence-corrected chi connectivity index (χ1v) is 24.1. The molecule has 4 aromatic rings. The summed E-state index contributed by atoms with van der Waals surface area (Å²) in [6, 6.07) is 43.1. The molecule has 2 saturated carbocycles. The van der Waals surface area contributed by atoms with Gasteiger partial charge in [-0.3, -0.25) is 0 Å². The lowest BCUT2D eigenvalue weighted by Crippen LogP contribution is -2.41. The van der Waals surface area contributed by atoms with Crippen molar-refractivity contribution in [3.63, 3.8) is 0 Å². The normalized spacial score (nSPS) is 22.9. The molecule has 6 atom stereocenters. The van der Waals surface area contributed by atoms with Crippen LogP contribution >= 0.6 is 0 Å². The molecule has 6 rings (SSSR count). The average Bonchev–Trinajstić information content (AvgIpc) is 3.30. The van der Waals surface area contributed by atoms with Gasteiger partial charge in [0.25, 0.3) is 0 Å². The van der Waals surface area contributed by atoms with Gasteiger partial charge in [0.15, 0.2) is 0 Å². The molecule has 0 N–H and O–H groups in total. The Labute approximate surface area is 359 Å². The van der Waals surface area contributed by atoms with Crippen molar-refractivity contribution in [3.05, 3.63) is 119 Å². The number of hydrogen-bond acceptors (Lipinski definition) is 2. The molecule has 2 fully saturated rings. The third kappa shape index (κ3) is 11.6. The lowest BCUT2D eigenvalue weighted by atomic mass is 9.54. The zero-order chi connectivity index (χ0) is 41.5. The van der Waals surface area contributed by atoms with E-state index in [9.17, 15) is 10.5 Å². The molecule has 2 heteroatoms. The largest absolute Gasteiger partial charge is 0.198 e. The Kier molecular flexibility index (Phi) is 16.5. The van der Waals surface area contributed by atoms with E-state index in [1.54, 1.807) is 0 Å². The minimum atomic E-state index is -0.434. The molecule has 0 bridgehead atoms. The predicted octanol–water partition coefficient (Wildman–Crippen LogP) is 16.4. The Bertz CT molecular complexity index is 1930. The molecule has 0 aliphatic heterocycles. The summed E-state index contributed by atoms with van der Waals surface area (Å²) in [5, 5.41) is 22.6. The Morgan fingerprint density at radius 3 is 1.53 bits per heavy atom. The van der Waals surface area contributed by atoms with Gasteiger partial charge in [0.05, 0.1) is 23.0 Å². The smallest absolute Gasteiger partial charge is 0.0693 e. The molecule has 0 amide bonds. The third-order valence-corrected chi connectivity index (χ3v) is 15.0. The van der Waals surface area contributed by atoms with E-state index >= 15 is 0 Å². The monoisotopic (exact) mass is 787 g/mol. The quantitative estimate of drug-likeness (QED) is 0.0838. The maximum Gasteiger partial charge on any atom is 0.0693 e. The predicted molar refractivity (Wildman–Crippen MR) is 250 cm³/mol. The molecule has 0 spiro atoms. The SMILES string of the molecule is CCCCCCc1ccc(-c2ccc(C(CC3(C#N)CCCC(CC)C3)C(Cc3ccc(-c4ccc(CCCCC)cc4)cc3)C3(C#N)CCCC(CC)C3)cc2)cc1. The van der Waals surface area contributed by atoms with E-state index in [2.05, 4.69) is 137 Å². The fourth-order valence-corrected chi connectivity index (χ4v) is 11.2. The van der Waals surface area contributed by atoms with E-state index in [1.165, 1.54) is 102 Å². The average molecular weight is 787 g/mol. The molecule has 0 heterocycles. The van der Waals surface area contributed by atoms with Crippen LogP contribution in [0, 0.1) is 51.2 Å². The van der Waals surface area contributed by atoms with Crippen molar-refractivity contribution in [1.82, 2.24) is 0 Å². The number of hydrogen-bond donors (Lipinski definition) is 0. The van der Waals surface area contributed by atoms with E-state index in [0.29, 0.717) is 11.8 Å². The summed E-state index contributed by atoms with van der Waals surface area (Å²) in [5.74, 6) is 1.39. The van der Waals surface area contributed by atoms with Gasteiger partial charge in [0.1, 0.15) is 0 Å². The molecule has 6 unspecified atom stereocenters. The molecule has 59 heavy (non-hydrogen) atoms. The van der Waals surface area contributed by atoms with Crippen molar-refractivity contribution < 1.29 is 0 Å². The molecule has 0 aromatic heterocycles. The molecular weight excluding hydrogens is 713 g/mol. The van der Waals surface area contributed by atoms with Gasteiger partial charge in [-0.25, -0.2) is 0 Å². The summed E-state index contributed by atoms with van der Waals surface area (Å²) in [7, 11) is 0. The minimum Gasteiger partial charge on any atom is -0.198 e. The van der Waals surface area contributed by atoms with Gasteiger partial charge in [0, 0.05) is 0 Å². The molecule has 0 saturated heterocycles. The highest BCUT2D eigenvalue weighted by molar-refractivity contribution is 5.65. The summed E-state index contributed by atoms with van der Waals surface area (Å²) < 4.78 is 0. The van der Waals surface area contributed by atoms with Crippen molar-refractivity contribution in [2.45, 2.75) is 168 Å². The zero-order valence-electron chi connectivity index (χ0n) is 37.3. The first-order valence-electron chi connectivity index (χ1n) is 24.1. The topological polar surface area (TPSA) is 47.6 Å². The molecule has 2 nitrogen and oxygen atoms in total. The maximum atomic E-state index is 11.5. The second-order valence-corrected chi connectivity index (χ2v) is 19.0. The summed E-state index contributed by atoms with van der Waals surface area (Å²) in [4.78, 5) is 0. The Balaban J connectivity index is 1.35. The van der Waals surface area contributed by atoms with E-state index in [4.69, 9.17) is 0 Å². The van der Waals surface area contributed by atoms with Crippen LogP contribution in [0.5, 0.6) is 0 Å². The van der Waals surface area contributed by atoms with Crippen LogP contribution in [0.15, 0.2) is 97.1 Å². The molecule has 4 aromatic carbocycles. The van der Waals surface area contributed by atoms with E-state index in [1.807, 2.05) is 0 Å². The fourth-order valence-electron chi connectivity index (χ4n) is 11.2. The highest BCUT2D eigenvalue weighted by Gasteiger charge is 2.49. The van der Waals surface area contributed by atoms with Gasteiger partial charge in [0.2, 0.25) is 0 Å². The standard InChI is InChI=1S/C57H74N2/c1-5-9-11-13-17-47-22-28-50(29-23-47)52-32-34-53(35-33-52)54(41-56(42-58)36-14-18-44(7-3)39-56)55(57(43-59)37-15-19-45(8-4)40-57)38-48-24-30-51(31-25-48)49-26-20-46(21-27-49)16-12-10-6-2/h20-35,44-45,54-55H,5-19,36-41H2,1-4H3. The molecular formula is C57H74N2.